The highest BCUT2D eigenvalue weighted by molar-refractivity contribution is 7.09. The number of rotatable bonds is 6. The number of amides is 1. The molecule has 150 valence electrons. The fraction of sp³-hybridized carbons (Fsp3) is 0.304. The number of carbonyl (C=O) groups excluding carboxylic acids is 1. The number of thiazole rings is 1. The Hall–Kier alpha value is -2.57. The highest BCUT2D eigenvalue weighted by Gasteiger charge is 2.31. The van der Waals surface area contributed by atoms with Crippen molar-refractivity contribution in [3.8, 4) is 0 Å². The van der Waals surface area contributed by atoms with Gasteiger partial charge in [0.2, 0.25) is 0 Å². The van der Waals surface area contributed by atoms with Crippen LogP contribution >= 0.6 is 11.3 Å². The molecular formula is C23H24FN3OS. The minimum atomic E-state index is -0.163. The zero-order chi connectivity index (χ0) is 20.1. The Kier molecular flexibility index (Phi) is 6.32. The molecule has 2 atom stereocenters. The number of benzene rings is 2. The van der Waals surface area contributed by atoms with Crippen LogP contribution in [0, 0.1) is 11.7 Å². The van der Waals surface area contributed by atoms with E-state index in [9.17, 15) is 9.18 Å². The molecule has 2 heterocycles. The minimum absolute atomic E-state index is 0.0861. The van der Waals surface area contributed by atoms with Gasteiger partial charge < -0.3 is 5.32 Å². The molecule has 0 bridgehead atoms. The van der Waals surface area contributed by atoms with E-state index in [1.165, 1.54) is 6.07 Å². The molecule has 0 unspecified atom stereocenters. The van der Waals surface area contributed by atoms with Crippen LogP contribution in [0.2, 0.25) is 0 Å². The van der Waals surface area contributed by atoms with Gasteiger partial charge in [0.15, 0.2) is 0 Å². The van der Waals surface area contributed by atoms with E-state index in [1.807, 2.05) is 47.8 Å². The zero-order valence-electron chi connectivity index (χ0n) is 16.1. The number of piperidine rings is 1. The number of nitrogens with one attached hydrogen (secondary N) is 1. The van der Waals surface area contributed by atoms with Gasteiger partial charge in [-0.25, -0.2) is 9.37 Å². The van der Waals surface area contributed by atoms with Crippen LogP contribution < -0.4 is 5.32 Å². The molecule has 0 aliphatic carbocycles. The standard InChI is InChI=1S/C23H24FN3OS/c24-20-11-5-4-9-18(20)15-27-13-6-10-19(16-27)21(23-25-12-14-29-23)26-22(28)17-7-2-1-3-8-17/h1-5,7-9,11-12,14,19,21H,6,10,13,15-16H2,(H,26,28)/t19-,21+/m0/s1. The van der Waals surface area contributed by atoms with Crippen molar-refractivity contribution in [2.24, 2.45) is 5.92 Å². The summed E-state index contributed by atoms with van der Waals surface area (Å²) in [6.07, 6.45) is 3.80. The average molecular weight is 410 g/mol. The van der Waals surface area contributed by atoms with E-state index in [1.54, 1.807) is 23.6 Å². The van der Waals surface area contributed by atoms with Crippen LogP contribution in [0.25, 0.3) is 0 Å². The van der Waals surface area contributed by atoms with Crippen LogP contribution in [0.4, 0.5) is 4.39 Å². The van der Waals surface area contributed by atoms with E-state index in [4.69, 9.17) is 0 Å². The molecule has 1 aliphatic rings. The van der Waals surface area contributed by atoms with Crippen molar-refractivity contribution in [3.05, 3.63) is 88.1 Å². The van der Waals surface area contributed by atoms with Crippen LogP contribution in [0.1, 0.15) is 39.8 Å². The second-order valence-corrected chi connectivity index (χ2v) is 8.34. The fourth-order valence-corrected chi connectivity index (χ4v) is 4.74. The lowest BCUT2D eigenvalue weighted by atomic mass is 9.90. The highest BCUT2D eigenvalue weighted by Crippen LogP contribution is 2.32. The van der Waals surface area contributed by atoms with Crippen molar-refractivity contribution in [2.75, 3.05) is 13.1 Å². The molecule has 29 heavy (non-hydrogen) atoms. The van der Waals surface area contributed by atoms with Crippen molar-refractivity contribution in [3.63, 3.8) is 0 Å². The first kappa shape index (κ1) is 19.7. The van der Waals surface area contributed by atoms with Crippen LogP contribution in [0.15, 0.2) is 66.2 Å². The lowest BCUT2D eigenvalue weighted by Gasteiger charge is -2.36. The summed E-state index contributed by atoms with van der Waals surface area (Å²) in [4.78, 5) is 19.6. The van der Waals surface area contributed by atoms with Crippen LogP contribution in [0.3, 0.4) is 0 Å². The van der Waals surface area contributed by atoms with E-state index in [-0.39, 0.29) is 23.7 Å². The Labute approximate surface area is 174 Å². The van der Waals surface area contributed by atoms with Crippen molar-refractivity contribution in [1.29, 1.82) is 0 Å². The number of hydrogen-bond donors (Lipinski definition) is 1. The molecule has 1 aliphatic heterocycles. The molecule has 0 spiro atoms. The Balaban J connectivity index is 1.50. The van der Waals surface area contributed by atoms with Gasteiger partial charge >= 0.3 is 0 Å². The van der Waals surface area contributed by atoms with Crippen LogP contribution in [-0.2, 0) is 6.54 Å². The number of likely N-dealkylation sites (tertiary alicyclic amines) is 1. The Bertz CT molecular complexity index is 932. The molecule has 2 aromatic carbocycles. The molecular weight excluding hydrogens is 385 g/mol. The maximum atomic E-state index is 14.1. The van der Waals surface area contributed by atoms with E-state index < -0.39 is 0 Å². The fourth-order valence-electron chi connectivity index (χ4n) is 3.96. The molecule has 4 rings (SSSR count). The van der Waals surface area contributed by atoms with E-state index in [0.29, 0.717) is 17.7 Å². The summed E-state index contributed by atoms with van der Waals surface area (Å²) < 4.78 is 14.1. The van der Waals surface area contributed by atoms with Gasteiger partial charge in [0.25, 0.3) is 5.91 Å². The molecule has 4 nitrogen and oxygen atoms in total. The molecule has 1 fully saturated rings. The minimum Gasteiger partial charge on any atom is -0.342 e. The summed E-state index contributed by atoms with van der Waals surface area (Å²) in [5, 5.41) is 6.07. The third-order valence-electron chi connectivity index (χ3n) is 5.41. The summed E-state index contributed by atoms with van der Waals surface area (Å²) in [7, 11) is 0. The number of halogens is 1. The number of aromatic nitrogens is 1. The zero-order valence-corrected chi connectivity index (χ0v) is 16.9. The predicted molar refractivity (Wildman–Crippen MR) is 113 cm³/mol. The summed E-state index contributed by atoms with van der Waals surface area (Å²) in [6.45, 7) is 2.32. The van der Waals surface area contributed by atoms with E-state index in [0.717, 1.165) is 30.9 Å². The quantitative estimate of drug-likeness (QED) is 0.644. The van der Waals surface area contributed by atoms with Crippen molar-refractivity contribution in [2.45, 2.75) is 25.4 Å². The lowest BCUT2D eigenvalue weighted by molar-refractivity contribution is 0.0877. The van der Waals surface area contributed by atoms with Gasteiger partial charge in [-0.1, -0.05) is 36.4 Å². The van der Waals surface area contributed by atoms with Gasteiger partial charge in [-0.3, -0.25) is 9.69 Å². The van der Waals surface area contributed by atoms with Crippen molar-refractivity contribution >= 4 is 17.2 Å². The third kappa shape index (κ3) is 4.89. The molecule has 1 amide bonds. The Morgan fingerprint density at radius 2 is 2.00 bits per heavy atom. The summed E-state index contributed by atoms with van der Waals surface area (Å²) in [5.41, 5.74) is 1.36. The second-order valence-electron chi connectivity index (χ2n) is 7.42. The third-order valence-corrected chi connectivity index (χ3v) is 6.26. The maximum Gasteiger partial charge on any atom is 0.251 e. The monoisotopic (exact) mass is 409 g/mol. The smallest absolute Gasteiger partial charge is 0.251 e. The predicted octanol–water partition coefficient (Wildman–Crippen LogP) is 4.67. The Morgan fingerprint density at radius 3 is 2.76 bits per heavy atom. The first-order valence-corrected chi connectivity index (χ1v) is 10.8. The van der Waals surface area contributed by atoms with E-state index >= 15 is 0 Å². The SMILES string of the molecule is O=C(N[C@@H](c1nccs1)[C@H]1CCCN(Cc2ccccc2F)C1)c1ccccc1. The summed E-state index contributed by atoms with van der Waals surface area (Å²) in [5.74, 6) is -0.0187. The van der Waals surface area contributed by atoms with Gasteiger partial charge in [-0.05, 0) is 43.5 Å². The molecule has 0 radical (unpaired) electrons. The van der Waals surface area contributed by atoms with Crippen LogP contribution in [-0.4, -0.2) is 28.9 Å². The largest absolute Gasteiger partial charge is 0.342 e. The van der Waals surface area contributed by atoms with Gasteiger partial charge in [0, 0.05) is 35.8 Å². The molecule has 1 saturated heterocycles. The maximum absolute atomic E-state index is 14.1. The number of nitrogens with zero attached hydrogens (tertiary/aromatic N) is 2. The molecule has 6 heteroatoms. The highest BCUT2D eigenvalue weighted by atomic mass is 32.1. The average Bonchev–Trinajstić information content (AvgIpc) is 3.29. The molecule has 1 N–H and O–H groups in total. The van der Waals surface area contributed by atoms with Gasteiger partial charge in [-0.15, -0.1) is 11.3 Å². The second kappa shape index (κ2) is 9.29. The van der Waals surface area contributed by atoms with Gasteiger partial charge in [0.05, 0.1) is 6.04 Å². The van der Waals surface area contributed by atoms with Gasteiger partial charge in [0.1, 0.15) is 10.8 Å². The summed E-state index contributed by atoms with van der Waals surface area (Å²) >= 11 is 1.57. The lowest BCUT2D eigenvalue weighted by Crippen LogP contribution is -2.42. The van der Waals surface area contributed by atoms with E-state index in [2.05, 4.69) is 15.2 Å². The Morgan fingerprint density at radius 1 is 1.21 bits per heavy atom. The van der Waals surface area contributed by atoms with Crippen molar-refractivity contribution in [1.82, 2.24) is 15.2 Å². The normalized spacial score (nSPS) is 18.3. The van der Waals surface area contributed by atoms with Gasteiger partial charge in [-0.2, -0.15) is 0 Å². The number of hydrogen-bond acceptors (Lipinski definition) is 4. The topological polar surface area (TPSA) is 45.2 Å². The first-order valence-electron chi connectivity index (χ1n) is 9.92. The summed E-state index contributed by atoms with van der Waals surface area (Å²) in [6, 6.07) is 16.1. The molecule has 3 aromatic rings. The van der Waals surface area contributed by atoms with Crippen LogP contribution in [0.5, 0.6) is 0 Å². The van der Waals surface area contributed by atoms with Crippen molar-refractivity contribution < 1.29 is 9.18 Å². The number of carbonyl (C=O) groups is 1. The first-order chi connectivity index (χ1) is 14.2. The molecule has 1 aromatic heterocycles. The molecule has 0 saturated carbocycles.